The SMILES string of the molecule is CC(C)CC(C)N(C)C(=O)c1c(F)ccc(N)c1F. The maximum absolute atomic E-state index is 13.8. The largest absolute Gasteiger partial charge is 0.396 e. The first-order valence-electron chi connectivity index (χ1n) is 6.26. The van der Waals surface area contributed by atoms with E-state index in [2.05, 4.69) is 0 Å². The summed E-state index contributed by atoms with van der Waals surface area (Å²) in [5.74, 6) is -2.18. The third kappa shape index (κ3) is 3.43. The van der Waals surface area contributed by atoms with Crippen molar-refractivity contribution in [1.82, 2.24) is 4.90 Å². The van der Waals surface area contributed by atoms with Crippen LogP contribution < -0.4 is 5.73 Å². The molecule has 3 nitrogen and oxygen atoms in total. The normalized spacial score (nSPS) is 12.6. The second-order valence-electron chi connectivity index (χ2n) is 5.22. The third-order valence-electron chi connectivity index (χ3n) is 3.13. The van der Waals surface area contributed by atoms with Gasteiger partial charge in [-0.05, 0) is 31.4 Å². The summed E-state index contributed by atoms with van der Waals surface area (Å²) in [5.41, 5.74) is 4.56. The summed E-state index contributed by atoms with van der Waals surface area (Å²) in [7, 11) is 1.54. The van der Waals surface area contributed by atoms with E-state index in [0.29, 0.717) is 5.92 Å². The maximum Gasteiger partial charge on any atom is 0.259 e. The van der Waals surface area contributed by atoms with Crippen LogP contribution in [0.3, 0.4) is 0 Å². The molecule has 5 heteroatoms. The Bertz CT molecular complexity index is 475. The average Bonchev–Trinajstić information content (AvgIpc) is 2.32. The molecule has 0 aromatic heterocycles. The van der Waals surface area contributed by atoms with Crippen molar-refractivity contribution in [2.24, 2.45) is 5.92 Å². The standard InChI is InChI=1S/C14H20F2N2O/c1-8(2)7-9(3)18(4)14(19)12-10(15)5-6-11(17)13(12)16/h5-6,8-9H,7,17H2,1-4H3. The van der Waals surface area contributed by atoms with Gasteiger partial charge in [-0.25, -0.2) is 8.78 Å². The van der Waals surface area contributed by atoms with E-state index in [4.69, 9.17) is 5.73 Å². The molecule has 1 unspecified atom stereocenters. The van der Waals surface area contributed by atoms with Crippen LogP contribution in [-0.2, 0) is 0 Å². The van der Waals surface area contributed by atoms with E-state index in [0.717, 1.165) is 18.6 Å². The highest BCUT2D eigenvalue weighted by Gasteiger charge is 2.25. The van der Waals surface area contributed by atoms with Crippen LogP contribution in [0.4, 0.5) is 14.5 Å². The van der Waals surface area contributed by atoms with Gasteiger partial charge in [-0.1, -0.05) is 13.8 Å². The molecule has 1 amide bonds. The van der Waals surface area contributed by atoms with Crippen LogP contribution >= 0.6 is 0 Å². The van der Waals surface area contributed by atoms with Gasteiger partial charge in [0.25, 0.3) is 5.91 Å². The van der Waals surface area contributed by atoms with Crippen LogP contribution in [-0.4, -0.2) is 23.9 Å². The van der Waals surface area contributed by atoms with E-state index in [1.165, 1.54) is 11.9 Å². The Hall–Kier alpha value is -1.65. The fourth-order valence-electron chi connectivity index (χ4n) is 1.98. The Morgan fingerprint density at radius 2 is 1.89 bits per heavy atom. The lowest BCUT2D eigenvalue weighted by molar-refractivity contribution is 0.0718. The minimum Gasteiger partial charge on any atom is -0.396 e. The van der Waals surface area contributed by atoms with E-state index in [9.17, 15) is 13.6 Å². The lowest BCUT2D eigenvalue weighted by Gasteiger charge is -2.26. The number of carbonyl (C=O) groups is 1. The molecule has 0 aliphatic rings. The zero-order chi connectivity index (χ0) is 14.7. The fourth-order valence-corrected chi connectivity index (χ4v) is 1.98. The number of hydrogen-bond donors (Lipinski definition) is 1. The second kappa shape index (κ2) is 5.99. The fraction of sp³-hybridized carbons (Fsp3) is 0.500. The molecule has 1 aromatic rings. The van der Waals surface area contributed by atoms with Crippen molar-refractivity contribution in [3.63, 3.8) is 0 Å². The number of anilines is 1. The van der Waals surface area contributed by atoms with Crippen LogP contribution in [0.15, 0.2) is 12.1 Å². The van der Waals surface area contributed by atoms with Crippen LogP contribution in [0, 0.1) is 17.6 Å². The van der Waals surface area contributed by atoms with Gasteiger partial charge in [0.15, 0.2) is 5.82 Å². The van der Waals surface area contributed by atoms with Crippen LogP contribution in [0.25, 0.3) is 0 Å². The Balaban J connectivity index is 3.04. The highest BCUT2D eigenvalue weighted by molar-refractivity contribution is 5.95. The van der Waals surface area contributed by atoms with Gasteiger partial charge in [0, 0.05) is 13.1 Å². The molecule has 1 rings (SSSR count). The summed E-state index contributed by atoms with van der Waals surface area (Å²) in [4.78, 5) is 13.5. The molecule has 0 aliphatic heterocycles. The van der Waals surface area contributed by atoms with E-state index in [1.807, 2.05) is 20.8 Å². The van der Waals surface area contributed by atoms with Gasteiger partial charge in [0.05, 0.1) is 5.69 Å². The van der Waals surface area contributed by atoms with Gasteiger partial charge in [-0.3, -0.25) is 4.79 Å². The Morgan fingerprint density at radius 1 is 1.32 bits per heavy atom. The minimum absolute atomic E-state index is 0.104. The quantitative estimate of drug-likeness (QED) is 0.855. The molecule has 0 spiro atoms. The third-order valence-corrected chi connectivity index (χ3v) is 3.13. The monoisotopic (exact) mass is 270 g/mol. The van der Waals surface area contributed by atoms with Crippen LogP contribution in [0.2, 0.25) is 0 Å². The number of rotatable bonds is 4. The topological polar surface area (TPSA) is 46.3 Å². The van der Waals surface area contributed by atoms with Gasteiger partial charge in [-0.15, -0.1) is 0 Å². The van der Waals surface area contributed by atoms with E-state index in [1.54, 1.807) is 0 Å². The molecule has 0 bridgehead atoms. The number of benzene rings is 1. The molecular formula is C14H20F2N2O. The smallest absolute Gasteiger partial charge is 0.259 e. The summed E-state index contributed by atoms with van der Waals surface area (Å²) in [6, 6.07) is 2.01. The number of nitrogen functional groups attached to an aromatic ring is 1. The molecule has 106 valence electrons. The Labute approximate surface area is 112 Å². The molecule has 2 N–H and O–H groups in total. The molecule has 19 heavy (non-hydrogen) atoms. The van der Waals surface area contributed by atoms with Crippen molar-refractivity contribution in [1.29, 1.82) is 0 Å². The van der Waals surface area contributed by atoms with Crippen LogP contribution in [0.1, 0.15) is 37.6 Å². The van der Waals surface area contributed by atoms with Crippen molar-refractivity contribution in [2.45, 2.75) is 33.2 Å². The Morgan fingerprint density at radius 3 is 2.42 bits per heavy atom. The van der Waals surface area contributed by atoms with Crippen molar-refractivity contribution < 1.29 is 13.6 Å². The summed E-state index contributed by atoms with van der Waals surface area (Å²) in [5, 5.41) is 0. The van der Waals surface area contributed by atoms with Crippen molar-refractivity contribution in [3.05, 3.63) is 29.3 Å². The zero-order valence-corrected chi connectivity index (χ0v) is 11.7. The zero-order valence-electron chi connectivity index (χ0n) is 11.7. The number of amides is 1. The summed E-state index contributed by atoms with van der Waals surface area (Å²) >= 11 is 0. The van der Waals surface area contributed by atoms with Gasteiger partial charge >= 0.3 is 0 Å². The molecule has 1 atom stereocenters. The second-order valence-corrected chi connectivity index (χ2v) is 5.22. The van der Waals surface area contributed by atoms with Gasteiger partial charge in [0.2, 0.25) is 0 Å². The maximum atomic E-state index is 13.8. The number of halogens is 2. The lowest BCUT2D eigenvalue weighted by Crippen LogP contribution is -2.37. The molecule has 1 aromatic carbocycles. The number of hydrogen-bond acceptors (Lipinski definition) is 2. The van der Waals surface area contributed by atoms with Gasteiger partial charge < -0.3 is 10.6 Å². The van der Waals surface area contributed by atoms with Crippen molar-refractivity contribution >= 4 is 11.6 Å². The predicted molar refractivity (Wildman–Crippen MR) is 71.8 cm³/mol. The molecule has 0 radical (unpaired) electrons. The summed E-state index contributed by atoms with van der Waals surface area (Å²) < 4.78 is 27.4. The molecule has 0 saturated carbocycles. The van der Waals surface area contributed by atoms with Crippen LogP contribution in [0.5, 0.6) is 0 Å². The molecule has 0 saturated heterocycles. The molecule has 0 fully saturated rings. The number of nitrogens with zero attached hydrogens (tertiary/aromatic N) is 1. The number of nitrogens with two attached hydrogens (primary N) is 1. The Kier molecular flexibility index (Phi) is 4.86. The van der Waals surface area contributed by atoms with E-state index in [-0.39, 0.29) is 11.7 Å². The van der Waals surface area contributed by atoms with Crippen molar-refractivity contribution in [2.75, 3.05) is 12.8 Å². The highest BCUT2D eigenvalue weighted by Crippen LogP contribution is 2.21. The first kappa shape index (κ1) is 15.4. The predicted octanol–water partition coefficient (Wildman–Crippen LogP) is 3.05. The highest BCUT2D eigenvalue weighted by atomic mass is 19.1. The van der Waals surface area contributed by atoms with Gasteiger partial charge in [0.1, 0.15) is 11.4 Å². The van der Waals surface area contributed by atoms with E-state index >= 15 is 0 Å². The molecular weight excluding hydrogens is 250 g/mol. The first-order valence-corrected chi connectivity index (χ1v) is 6.26. The summed E-state index contributed by atoms with van der Waals surface area (Å²) in [6.07, 6.45) is 0.758. The number of carbonyl (C=O) groups excluding carboxylic acids is 1. The minimum atomic E-state index is -0.992. The molecule has 0 heterocycles. The summed E-state index contributed by atoms with van der Waals surface area (Å²) in [6.45, 7) is 5.90. The van der Waals surface area contributed by atoms with Crippen molar-refractivity contribution in [3.8, 4) is 0 Å². The van der Waals surface area contributed by atoms with Gasteiger partial charge in [-0.2, -0.15) is 0 Å². The lowest BCUT2D eigenvalue weighted by atomic mass is 10.0. The first-order chi connectivity index (χ1) is 8.75. The molecule has 0 aliphatic carbocycles. The average molecular weight is 270 g/mol. The van der Waals surface area contributed by atoms with E-state index < -0.39 is 23.1 Å².